The number of ether oxygens (including phenoxy) is 1. The monoisotopic (exact) mass is 333 g/mol. The van der Waals surface area contributed by atoms with E-state index in [0.717, 1.165) is 18.6 Å². The summed E-state index contributed by atoms with van der Waals surface area (Å²) in [5.41, 5.74) is 8.05. The second-order valence-corrected chi connectivity index (χ2v) is 6.12. The fourth-order valence-corrected chi connectivity index (χ4v) is 3.07. The molecule has 2 aromatic rings. The van der Waals surface area contributed by atoms with Crippen LogP contribution in [0.25, 0.3) is 0 Å². The first kappa shape index (κ1) is 15.8. The van der Waals surface area contributed by atoms with Crippen LogP contribution < -0.4 is 10.5 Å². The summed E-state index contributed by atoms with van der Waals surface area (Å²) >= 11 is 6.07. The number of nitrogens with two attached hydrogens (primary N) is 1. The van der Waals surface area contributed by atoms with Crippen molar-refractivity contribution in [3.63, 3.8) is 0 Å². The maximum absolute atomic E-state index is 13.8. The molecule has 120 valence electrons. The van der Waals surface area contributed by atoms with Gasteiger partial charge in [-0.15, -0.1) is 0 Å². The van der Waals surface area contributed by atoms with Crippen LogP contribution in [0.4, 0.5) is 4.39 Å². The summed E-state index contributed by atoms with van der Waals surface area (Å²) in [6.45, 7) is 0.133. The predicted molar refractivity (Wildman–Crippen MR) is 87.3 cm³/mol. The molecule has 0 bridgehead atoms. The molecule has 1 amide bonds. The van der Waals surface area contributed by atoms with Crippen molar-refractivity contribution in [3.8, 4) is 5.75 Å². The SMILES string of the molecule is NC(=O)c1cc(Cl)c(COc2ccc3c(c2)CCCC3)cc1F. The molecule has 5 heteroatoms. The third-order valence-corrected chi connectivity index (χ3v) is 4.47. The smallest absolute Gasteiger partial charge is 0.251 e. The minimum absolute atomic E-state index is 0.133. The molecule has 2 aromatic carbocycles. The molecule has 1 aliphatic rings. The van der Waals surface area contributed by atoms with Gasteiger partial charge in [0.15, 0.2) is 0 Å². The van der Waals surface area contributed by atoms with Gasteiger partial charge < -0.3 is 10.5 Å². The molecule has 0 saturated carbocycles. The van der Waals surface area contributed by atoms with E-state index in [4.69, 9.17) is 22.1 Å². The molecule has 3 nitrogen and oxygen atoms in total. The van der Waals surface area contributed by atoms with Crippen LogP contribution in [-0.2, 0) is 19.4 Å². The molecule has 0 radical (unpaired) electrons. The molecule has 23 heavy (non-hydrogen) atoms. The van der Waals surface area contributed by atoms with E-state index in [0.29, 0.717) is 5.56 Å². The van der Waals surface area contributed by atoms with Crippen molar-refractivity contribution in [1.82, 2.24) is 0 Å². The Balaban J connectivity index is 1.76. The van der Waals surface area contributed by atoms with E-state index in [9.17, 15) is 9.18 Å². The van der Waals surface area contributed by atoms with Gasteiger partial charge in [-0.3, -0.25) is 4.79 Å². The molecule has 1 aliphatic carbocycles. The third-order valence-electron chi connectivity index (χ3n) is 4.12. The zero-order chi connectivity index (χ0) is 16.4. The van der Waals surface area contributed by atoms with E-state index in [1.807, 2.05) is 12.1 Å². The fraction of sp³-hybridized carbons (Fsp3) is 0.278. The normalized spacial score (nSPS) is 13.5. The molecule has 0 saturated heterocycles. The van der Waals surface area contributed by atoms with Crippen LogP contribution in [0.5, 0.6) is 5.75 Å². The number of benzene rings is 2. The number of carbonyl (C=O) groups is 1. The lowest BCUT2D eigenvalue weighted by Crippen LogP contribution is -2.13. The lowest BCUT2D eigenvalue weighted by molar-refractivity contribution is 0.0996. The van der Waals surface area contributed by atoms with Crippen molar-refractivity contribution < 1.29 is 13.9 Å². The number of amides is 1. The van der Waals surface area contributed by atoms with Gasteiger partial charge in [0, 0.05) is 10.6 Å². The van der Waals surface area contributed by atoms with E-state index in [1.54, 1.807) is 0 Å². The summed E-state index contributed by atoms with van der Waals surface area (Å²) in [7, 11) is 0. The molecule has 0 aromatic heterocycles. The Morgan fingerprint density at radius 1 is 1.17 bits per heavy atom. The molecule has 0 heterocycles. The zero-order valence-corrected chi connectivity index (χ0v) is 13.3. The average Bonchev–Trinajstić information content (AvgIpc) is 2.54. The molecule has 2 N–H and O–H groups in total. The van der Waals surface area contributed by atoms with E-state index < -0.39 is 11.7 Å². The maximum atomic E-state index is 13.8. The average molecular weight is 334 g/mol. The molecule has 0 fully saturated rings. The first-order valence-electron chi connectivity index (χ1n) is 7.57. The van der Waals surface area contributed by atoms with Crippen LogP contribution in [0.15, 0.2) is 30.3 Å². The number of aryl methyl sites for hydroxylation is 2. The van der Waals surface area contributed by atoms with Gasteiger partial charge in [0.05, 0.1) is 5.56 Å². The Morgan fingerprint density at radius 3 is 2.65 bits per heavy atom. The molecular formula is C18H17ClFNO2. The lowest BCUT2D eigenvalue weighted by Gasteiger charge is -2.17. The Bertz CT molecular complexity index is 761. The minimum Gasteiger partial charge on any atom is -0.489 e. The van der Waals surface area contributed by atoms with Crippen molar-refractivity contribution in [2.75, 3.05) is 0 Å². The van der Waals surface area contributed by atoms with Gasteiger partial charge in [0.25, 0.3) is 5.91 Å². The summed E-state index contributed by atoms with van der Waals surface area (Å²) < 4.78 is 19.5. The highest BCUT2D eigenvalue weighted by molar-refractivity contribution is 6.31. The number of hydrogen-bond acceptors (Lipinski definition) is 2. The van der Waals surface area contributed by atoms with Crippen LogP contribution in [0.1, 0.15) is 39.9 Å². The Kier molecular flexibility index (Phi) is 4.53. The minimum atomic E-state index is -0.841. The molecule has 0 atom stereocenters. The Labute approximate surface area is 139 Å². The highest BCUT2D eigenvalue weighted by Gasteiger charge is 2.14. The summed E-state index contributed by atoms with van der Waals surface area (Å²) in [6, 6.07) is 8.48. The van der Waals surface area contributed by atoms with Crippen LogP contribution in [0.3, 0.4) is 0 Å². The van der Waals surface area contributed by atoms with Crippen LogP contribution in [-0.4, -0.2) is 5.91 Å². The largest absolute Gasteiger partial charge is 0.489 e. The van der Waals surface area contributed by atoms with E-state index >= 15 is 0 Å². The summed E-state index contributed by atoms with van der Waals surface area (Å²) in [6.07, 6.45) is 4.60. The van der Waals surface area contributed by atoms with Crippen LogP contribution in [0.2, 0.25) is 5.02 Å². The lowest BCUT2D eigenvalue weighted by atomic mass is 9.92. The van der Waals surface area contributed by atoms with Gasteiger partial charge in [0.2, 0.25) is 0 Å². The van der Waals surface area contributed by atoms with Gasteiger partial charge in [-0.25, -0.2) is 4.39 Å². The summed E-state index contributed by atoms with van der Waals surface area (Å²) in [5.74, 6) is -0.793. The number of hydrogen-bond donors (Lipinski definition) is 1. The van der Waals surface area contributed by atoms with E-state index in [2.05, 4.69) is 6.07 Å². The van der Waals surface area contributed by atoms with Crippen molar-refractivity contribution in [3.05, 3.63) is 63.4 Å². The highest BCUT2D eigenvalue weighted by Crippen LogP contribution is 2.27. The van der Waals surface area contributed by atoms with E-state index in [-0.39, 0.29) is 17.2 Å². The molecule has 3 rings (SSSR count). The predicted octanol–water partition coefficient (Wildman–Crippen LogP) is 4.04. The number of rotatable bonds is 4. The highest BCUT2D eigenvalue weighted by atomic mass is 35.5. The van der Waals surface area contributed by atoms with Gasteiger partial charge in [0.1, 0.15) is 18.2 Å². The van der Waals surface area contributed by atoms with Gasteiger partial charge in [-0.1, -0.05) is 17.7 Å². The van der Waals surface area contributed by atoms with E-state index in [1.165, 1.54) is 36.1 Å². The quantitative estimate of drug-likeness (QED) is 0.918. The second kappa shape index (κ2) is 6.59. The number of primary amides is 1. The topological polar surface area (TPSA) is 52.3 Å². The Morgan fingerprint density at radius 2 is 1.91 bits per heavy atom. The maximum Gasteiger partial charge on any atom is 0.251 e. The van der Waals surface area contributed by atoms with Crippen molar-refractivity contribution in [2.24, 2.45) is 5.73 Å². The fourth-order valence-electron chi connectivity index (χ4n) is 2.85. The Hall–Kier alpha value is -2.07. The van der Waals surface area contributed by atoms with Gasteiger partial charge in [-0.05, 0) is 61.1 Å². The third kappa shape index (κ3) is 3.48. The second-order valence-electron chi connectivity index (χ2n) is 5.71. The zero-order valence-electron chi connectivity index (χ0n) is 12.6. The van der Waals surface area contributed by atoms with Crippen LogP contribution in [0, 0.1) is 5.82 Å². The van der Waals surface area contributed by atoms with Crippen molar-refractivity contribution in [1.29, 1.82) is 0 Å². The van der Waals surface area contributed by atoms with Crippen LogP contribution >= 0.6 is 11.6 Å². The molecule has 0 aliphatic heterocycles. The number of carbonyl (C=O) groups excluding carboxylic acids is 1. The summed E-state index contributed by atoms with van der Waals surface area (Å²) in [4.78, 5) is 11.1. The molecular weight excluding hydrogens is 317 g/mol. The van der Waals surface area contributed by atoms with Gasteiger partial charge >= 0.3 is 0 Å². The van der Waals surface area contributed by atoms with Gasteiger partial charge in [-0.2, -0.15) is 0 Å². The molecule has 0 unspecified atom stereocenters. The standard InChI is InChI=1S/C18H17ClFNO2/c19-16-9-15(18(21)22)17(20)8-13(16)10-23-14-6-5-11-3-1-2-4-12(11)7-14/h5-9H,1-4,10H2,(H2,21,22). The molecule has 0 spiro atoms. The first-order valence-corrected chi connectivity index (χ1v) is 7.94. The van der Waals surface area contributed by atoms with Crippen molar-refractivity contribution >= 4 is 17.5 Å². The van der Waals surface area contributed by atoms with Crippen molar-refractivity contribution in [2.45, 2.75) is 32.3 Å². The summed E-state index contributed by atoms with van der Waals surface area (Å²) in [5, 5.41) is 0.262. The number of fused-ring (bicyclic) bond motifs is 1. The first-order chi connectivity index (χ1) is 11.0. The number of halogens is 2.